The van der Waals surface area contributed by atoms with E-state index in [9.17, 15) is 0 Å². The van der Waals surface area contributed by atoms with E-state index in [0.717, 1.165) is 6.42 Å². The van der Waals surface area contributed by atoms with Gasteiger partial charge in [-0.25, -0.2) is 20.1 Å². The predicted octanol–water partition coefficient (Wildman–Crippen LogP) is 3.13. The van der Waals surface area contributed by atoms with Gasteiger partial charge in [-0.2, -0.15) is 0 Å². The third kappa shape index (κ3) is 27.3. The van der Waals surface area contributed by atoms with Gasteiger partial charge in [0.25, 0.3) is 0 Å². The van der Waals surface area contributed by atoms with E-state index in [1.54, 1.807) is 0 Å². The van der Waals surface area contributed by atoms with Gasteiger partial charge in [0.1, 0.15) is 0 Å². The van der Waals surface area contributed by atoms with Crippen LogP contribution in [0, 0.1) is 6.92 Å². The largest absolute Gasteiger partial charge is 0.499 e. The highest BCUT2D eigenvalue weighted by molar-refractivity contribution is 7.22. The zero-order valence-electron chi connectivity index (χ0n) is 6.00. The van der Waals surface area contributed by atoms with Gasteiger partial charge >= 0.3 is 13.4 Å². The summed E-state index contributed by atoms with van der Waals surface area (Å²) in [5.41, 5.74) is 0. The van der Waals surface area contributed by atoms with E-state index < -0.39 is 13.4 Å². The summed E-state index contributed by atoms with van der Waals surface area (Å²) < 4.78 is 0. The number of unbranched alkanes of at least 4 members (excludes halogenated alkanes) is 3. The van der Waals surface area contributed by atoms with Crippen molar-refractivity contribution in [1.29, 1.82) is 0 Å². The summed E-state index contributed by atoms with van der Waals surface area (Å²) in [6, 6.07) is 0. The van der Waals surface area contributed by atoms with Gasteiger partial charge in [0.2, 0.25) is 0 Å². The second-order valence-corrected chi connectivity index (χ2v) is 4.29. The first-order chi connectivity index (χ1) is 4.33. The first-order valence-electron chi connectivity index (χ1n) is 3.24. The van der Waals surface area contributed by atoms with Gasteiger partial charge in [-0.15, -0.1) is 0 Å². The minimum absolute atomic E-state index is 0.639. The average Bonchev–Trinajstić information content (AvgIpc) is 1.86. The molecule has 0 aliphatic heterocycles. The van der Waals surface area contributed by atoms with Crippen molar-refractivity contribution in [3.8, 4) is 0 Å². The Labute approximate surface area is 73.0 Å². The molecule has 0 aliphatic rings. The minimum Gasteiger partial charge on any atom is -0.240 e. The number of rotatable bonds is 3. The Balaban J connectivity index is 0. The molecular weight excluding hydrogens is 170 g/mol. The smallest absolute Gasteiger partial charge is 0.240 e. The highest BCUT2D eigenvalue weighted by Gasteiger charge is 1.75. The van der Waals surface area contributed by atoms with Crippen LogP contribution in [0.3, 0.4) is 0 Å². The molecule has 0 nitrogen and oxygen atoms in total. The zero-order valence-corrected chi connectivity index (χ0v) is 8.92. The van der Waals surface area contributed by atoms with E-state index >= 15 is 0 Å². The van der Waals surface area contributed by atoms with Crippen LogP contribution in [-0.4, -0.2) is 13.4 Å². The van der Waals surface area contributed by atoms with Crippen LogP contribution in [0.2, 0.25) is 0 Å². The maximum atomic E-state index is 4.90. The molecule has 3 heteroatoms. The third-order valence-corrected chi connectivity index (χ3v) is 0.854. The van der Waals surface area contributed by atoms with E-state index in [1.165, 1.54) is 19.3 Å². The molecule has 0 spiro atoms. The summed E-state index contributed by atoms with van der Waals surface area (Å²) in [4.78, 5) is 0. The van der Waals surface area contributed by atoms with E-state index in [-0.39, 0.29) is 0 Å². The lowest BCUT2D eigenvalue weighted by molar-refractivity contribution is 0.728. The normalized spacial score (nSPS) is 7.56. The molecule has 0 saturated heterocycles. The van der Waals surface area contributed by atoms with Gasteiger partial charge in [-0.3, -0.25) is 0 Å². The van der Waals surface area contributed by atoms with Crippen LogP contribution in [0.25, 0.3) is 0 Å². The Morgan fingerprint density at radius 1 is 1.33 bits per heavy atom. The predicted molar refractivity (Wildman–Crippen MR) is 48.4 cm³/mol. The summed E-state index contributed by atoms with van der Waals surface area (Å²) in [5, 5.41) is 0. The highest BCUT2D eigenvalue weighted by atomic mass is 35.7. The third-order valence-electron chi connectivity index (χ3n) is 0.854. The van der Waals surface area contributed by atoms with Crippen molar-refractivity contribution in [3.63, 3.8) is 0 Å². The zero-order chi connectivity index (χ0) is 7.54. The average molecular weight is 184 g/mol. The second-order valence-electron chi connectivity index (χ2n) is 1.66. The van der Waals surface area contributed by atoms with Crippen LogP contribution in [0.4, 0.5) is 0 Å². The number of hydrogen-bond donors (Lipinski definition) is 0. The Bertz CT molecular complexity index is 30.2. The molecule has 0 N–H and O–H groups in total. The van der Waals surface area contributed by atoms with Gasteiger partial charge in [0.15, 0.2) is 0 Å². The van der Waals surface area contributed by atoms with Crippen molar-refractivity contribution in [2.75, 3.05) is 0 Å². The molecule has 0 heterocycles. The minimum atomic E-state index is -0.639. The lowest BCUT2D eigenvalue weighted by atomic mass is 10.2. The summed E-state index contributed by atoms with van der Waals surface area (Å²) in [6.45, 7) is 5.93. The lowest BCUT2D eigenvalue weighted by Gasteiger charge is -1.86. The summed E-state index contributed by atoms with van der Waals surface area (Å²) >= 11 is -0.639. The van der Waals surface area contributed by atoms with Crippen molar-refractivity contribution in [1.82, 2.24) is 0 Å². The fourth-order valence-electron chi connectivity index (χ4n) is 0.427. The summed E-state index contributed by atoms with van der Waals surface area (Å²) in [6.07, 6.45) is 5.07. The van der Waals surface area contributed by atoms with Gasteiger partial charge in [0.05, 0.1) is 0 Å². The molecule has 0 fully saturated rings. The SMILES string of the molecule is [CH2]CCCCC.[Cl][AlH][Cl]. The molecule has 0 aromatic carbocycles. The molecule has 0 saturated carbocycles. The fraction of sp³-hybridized carbons (Fsp3) is 0.833. The van der Waals surface area contributed by atoms with Gasteiger partial charge in [-0.05, 0) is 0 Å². The maximum absolute atomic E-state index is 4.90. The molecule has 55 valence electrons. The topological polar surface area (TPSA) is 0 Å². The van der Waals surface area contributed by atoms with E-state index in [4.69, 9.17) is 20.1 Å². The van der Waals surface area contributed by atoms with Gasteiger partial charge in [0, 0.05) is 0 Å². The van der Waals surface area contributed by atoms with Crippen LogP contribution in [0.15, 0.2) is 0 Å². The molecule has 0 unspecified atom stereocenters. The number of halogens is 2. The van der Waals surface area contributed by atoms with Crippen LogP contribution in [-0.2, 0) is 0 Å². The van der Waals surface area contributed by atoms with E-state index in [1.807, 2.05) is 0 Å². The Morgan fingerprint density at radius 3 is 1.89 bits per heavy atom. The quantitative estimate of drug-likeness (QED) is 0.466. The molecule has 0 aromatic rings. The highest BCUT2D eigenvalue weighted by Crippen LogP contribution is 1.95. The lowest BCUT2D eigenvalue weighted by Crippen LogP contribution is -1.66. The molecule has 0 bridgehead atoms. The van der Waals surface area contributed by atoms with Crippen LogP contribution in [0.5, 0.6) is 0 Å². The van der Waals surface area contributed by atoms with Crippen LogP contribution >= 0.6 is 20.1 Å². The van der Waals surface area contributed by atoms with E-state index in [2.05, 4.69) is 13.8 Å². The van der Waals surface area contributed by atoms with Crippen molar-refractivity contribution < 1.29 is 0 Å². The van der Waals surface area contributed by atoms with Crippen molar-refractivity contribution in [2.24, 2.45) is 0 Å². The molecule has 0 aliphatic carbocycles. The monoisotopic (exact) mass is 183 g/mol. The molecule has 0 rings (SSSR count). The maximum Gasteiger partial charge on any atom is 0.499 e. The van der Waals surface area contributed by atoms with Crippen LogP contribution in [0.1, 0.15) is 32.6 Å². The van der Waals surface area contributed by atoms with E-state index in [0.29, 0.717) is 0 Å². The van der Waals surface area contributed by atoms with Crippen molar-refractivity contribution in [2.45, 2.75) is 32.6 Å². The standard InChI is InChI=1S/C6H13.Al.2ClH.H/c1-3-5-6-4-2;;;;/h1,3-6H2,2H3;;2*1H;/q;+2;;;/p-2. The fourth-order valence-corrected chi connectivity index (χ4v) is 0.427. The van der Waals surface area contributed by atoms with Crippen LogP contribution < -0.4 is 0 Å². The summed E-state index contributed by atoms with van der Waals surface area (Å²) in [5.74, 6) is 0. The molecule has 0 amide bonds. The Kier molecular flexibility index (Phi) is 22.8. The van der Waals surface area contributed by atoms with Gasteiger partial charge < -0.3 is 0 Å². The molecule has 0 aromatic heterocycles. The molecule has 0 atom stereocenters. The Morgan fingerprint density at radius 2 is 1.78 bits per heavy atom. The summed E-state index contributed by atoms with van der Waals surface area (Å²) in [7, 11) is 9.81. The first kappa shape index (κ1) is 12.8. The molecular formula is C6H14AlCl2. The van der Waals surface area contributed by atoms with Gasteiger partial charge in [-0.1, -0.05) is 39.5 Å². The second kappa shape index (κ2) is 16.1. The molecule has 9 heavy (non-hydrogen) atoms. The number of hydrogen-bond acceptors (Lipinski definition) is 0. The van der Waals surface area contributed by atoms with Crippen molar-refractivity contribution in [3.05, 3.63) is 6.92 Å². The Hall–Kier alpha value is 1.11. The van der Waals surface area contributed by atoms with Crippen molar-refractivity contribution >= 4 is 33.5 Å². The first-order valence-corrected chi connectivity index (χ1v) is 7.52. The molecule has 1 radical (unpaired) electrons.